The molecule has 0 fully saturated rings. The summed E-state index contributed by atoms with van der Waals surface area (Å²) >= 11 is 3.30. The highest BCUT2D eigenvalue weighted by atomic mass is 79.9. The first-order valence-electron chi connectivity index (χ1n) is 4.59. The van der Waals surface area contributed by atoms with Gasteiger partial charge in [0.2, 0.25) is 0 Å². The average Bonchev–Trinajstić information content (AvgIpc) is 2.70. The van der Waals surface area contributed by atoms with E-state index in [1.807, 2.05) is 0 Å². The number of hydrogen-bond donors (Lipinski definition) is 3. The van der Waals surface area contributed by atoms with Crippen molar-refractivity contribution in [3.05, 3.63) is 34.6 Å². The Morgan fingerprint density at radius 3 is 3.06 bits per heavy atom. The van der Waals surface area contributed by atoms with Crippen LogP contribution in [0.3, 0.4) is 0 Å². The molecule has 0 amide bonds. The highest BCUT2D eigenvalue weighted by Gasteiger charge is 2.00. The van der Waals surface area contributed by atoms with Crippen LogP contribution in [0.2, 0.25) is 0 Å². The van der Waals surface area contributed by atoms with Crippen LogP contribution in [-0.4, -0.2) is 26.2 Å². The van der Waals surface area contributed by atoms with Gasteiger partial charge in [-0.25, -0.2) is 10.1 Å². The first kappa shape index (κ1) is 11.4. The summed E-state index contributed by atoms with van der Waals surface area (Å²) in [5.41, 5.74) is 3.16. The van der Waals surface area contributed by atoms with Crippen molar-refractivity contribution < 1.29 is 5.11 Å². The highest BCUT2D eigenvalue weighted by molar-refractivity contribution is 9.10. The van der Waals surface area contributed by atoms with Crippen LogP contribution in [0.25, 0.3) is 0 Å². The SMILES string of the molecule is Nn1cnnc1N/N=C\c1cc(Br)ccc1O. The zero-order chi connectivity index (χ0) is 12.3. The third-order valence-corrected chi connectivity index (χ3v) is 2.42. The molecule has 0 bridgehead atoms. The minimum Gasteiger partial charge on any atom is -0.507 e. The molecule has 0 aliphatic rings. The van der Waals surface area contributed by atoms with E-state index in [0.717, 1.165) is 4.47 Å². The predicted molar refractivity (Wildman–Crippen MR) is 67.2 cm³/mol. The van der Waals surface area contributed by atoms with Gasteiger partial charge in [0, 0.05) is 10.0 Å². The number of hydrogen-bond acceptors (Lipinski definition) is 6. The maximum Gasteiger partial charge on any atom is 0.263 e. The normalized spacial score (nSPS) is 10.9. The lowest BCUT2D eigenvalue weighted by molar-refractivity contribution is 0.474. The lowest BCUT2D eigenvalue weighted by Crippen LogP contribution is -2.10. The van der Waals surface area contributed by atoms with E-state index < -0.39 is 0 Å². The van der Waals surface area contributed by atoms with Crippen LogP contribution >= 0.6 is 15.9 Å². The summed E-state index contributed by atoms with van der Waals surface area (Å²) in [4.78, 5) is 0. The molecule has 88 valence electrons. The van der Waals surface area contributed by atoms with Gasteiger partial charge in [-0.2, -0.15) is 5.10 Å². The summed E-state index contributed by atoms with van der Waals surface area (Å²) in [5, 5.41) is 20.7. The van der Waals surface area contributed by atoms with Gasteiger partial charge in [0.15, 0.2) is 0 Å². The Kier molecular flexibility index (Phi) is 3.24. The summed E-state index contributed by atoms with van der Waals surface area (Å²) < 4.78 is 2.04. The van der Waals surface area contributed by atoms with E-state index in [1.54, 1.807) is 18.2 Å². The highest BCUT2D eigenvalue weighted by Crippen LogP contribution is 2.19. The number of nitrogens with one attached hydrogen (secondary N) is 1. The van der Waals surface area contributed by atoms with Crippen molar-refractivity contribution in [2.45, 2.75) is 0 Å². The number of nitrogens with zero attached hydrogens (tertiary/aromatic N) is 4. The van der Waals surface area contributed by atoms with Gasteiger partial charge in [-0.1, -0.05) is 15.9 Å². The lowest BCUT2D eigenvalue weighted by atomic mass is 10.2. The van der Waals surface area contributed by atoms with E-state index in [2.05, 4.69) is 36.7 Å². The summed E-state index contributed by atoms with van der Waals surface area (Å²) in [7, 11) is 0. The number of rotatable bonds is 3. The van der Waals surface area contributed by atoms with E-state index in [1.165, 1.54) is 17.2 Å². The Labute approximate surface area is 105 Å². The standard InChI is InChI=1S/C9H9BrN6O/c10-7-1-2-8(17)6(3-7)4-12-14-9-15-13-5-16(9)11/h1-5,17H,11H2,(H,14,15)/b12-4-. The molecule has 0 saturated carbocycles. The molecule has 1 aromatic heterocycles. The van der Waals surface area contributed by atoms with Crippen molar-refractivity contribution in [1.29, 1.82) is 0 Å². The van der Waals surface area contributed by atoms with Crippen molar-refractivity contribution in [2.24, 2.45) is 5.10 Å². The van der Waals surface area contributed by atoms with Crippen molar-refractivity contribution in [3.63, 3.8) is 0 Å². The molecule has 4 N–H and O–H groups in total. The van der Waals surface area contributed by atoms with Gasteiger partial charge >= 0.3 is 0 Å². The van der Waals surface area contributed by atoms with Gasteiger partial charge in [0.05, 0.1) is 6.21 Å². The van der Waals surface area contributed by atoms with Crippen LogP contribution < -0.4 is 11.3 Å². The minimum atomic E-state index is 0.132. The second-order valence-electron chi connectivity index (χ2n) is 3.13. The maximum absolute atomic E-state index is 9.55. The van der Waals surface area contributed by atoms with Gasteiger partial charge in [-0.3, -0.25) is 0 Å². The number of nitrogen functional groups attached to an aromatic ring is 1. The molecule has 0 atom stereocenters. The molecule has 2 aromatic rings. The molecule has 7 nitrogen and oxygen atoms in total. The van der Waals surface area contributed by atoms with Crippen molar-refractivity contribution >= 4 is 28.1 Å². The maximum atomic E-state index is 9.55. The van der Waals surface area contributed by atoms with Gasteiger partial charge < -0.3 is 10.9 Å². The Balaban J connectivity index is 2.10. The van der Waals surface area contributed by atoms with Crippen LogP contribution in [0.15, 0.2) is 34.1 Å². The molecule has 8 heteroatoms. The topological polar surface area (TPSA) is 101 Å². The van der Waals surface area contributed by atoms with E-state index in [0.29, 0.717) is 11.5 Å². The molecule has 2 rings (SSSR count). The number of anilines is 1. The largest absolute Gasteiger partial charge is 0.507 e. The van der Waals surface area contributed by atoms with Crippen molar-refractivity contribution in [1.82, 2.24) is 14.9 Å². The van der Waals surface area contributed by atoms with E-state index in [-0.39, 0.29) is 5.75 Å². The number of nitrogens with two attached hydrogens (primary N) is 1. The predicted octanol–water partition coefficient (Wildman–Crippen LogP) is 0.906. The first-order chi connectivity index (χ1) is 8.16. The number of aromatic hydroxyl groups is 1. The molecule has 0 unspecified atom stereocenters. The zero-order valence-corrected chi connectivity index (χ0v) is 10.2. The van der Waals surface area contributed by atoms with Gasteiger partial charge in [-0.15, -0.1) is 10.2 Å². The second-order valence-corrected chi connectivity index (χ2v) is 4.05. The fraction of sp³-hybridized carbons (Fsp3) is 0. The second kappa shape index (κ2) is 4.83. The zero-order valence-electron chi connectivity index (χ0n) is 8.58. The number of hydrazone groups is 1. The average molecular weight is 297 g/mol. The van der Waals surface area contributed by atoms with Crippen molar-refractivity contribution in [2.75, 3.05) is 11.3 Å². The monoisotopic (exact) mass is 296 g/mol. The summed E-state index contributed by atoms with van der Waals surface area (Å²) in [6.45, 7) is 0. The van der Waals surface area contributed by atoms with Crippen LogP contribution in [0.4, 0.5) is 5.95 Å². The Morgan fingerprint density at radius 2 is 2.35 bits per heavy atom. The number of aromatic nitrogens is 3. The van der Waals surface area contributed by atoms with Gasteiger partial charge in [0.1, 0.15) is 12.1 Å². The van der Waals surface area contributed by atoms with Crippen LogP contribution in [0.5, 0.6) is 5.75 Å². The Morgan fingerprint density at radius 1 is 1.53 bits per heavy atom. The number of halogens is 1. The molecule has 1 heterocycles. The number of phenolic OH excluding ortho intramolecular Hbond substituents is 1. The van der Waals surface area contributed by atoms with Crippen LogP contribution in [0, 0.1) is 0 Å². The molecule has 17 heavy (non-hydrogen) atoms. The van der Waals surface area contributed by atoms with E-state index in [4.69, 9.17) is 5.84 Å². The Hall–Kier alpha value is -2.09. The van der Waals surface area contributed by atoms with Gasteiger partial charge in [-0.05, 0) is 18.2 Å². The molecule has 0 spiro atoms. The molecule has 0 aliphatic heterocycles. The molecular formula is C9H9BrN6O. The molecule has 0 aliphatic carbocycles. The summed E-state index contributed by atoms with van der Waals surface area (Å²) in [6, 6.07) is 5.03. The lowest BCUT2D eigenvalue weighted by Gasteiger charge is -2.00. The summed E-state index contributed by atoms with van der Waals surface area (Å²) in [5.74, 6) is 5.91. The first-order valence-corrected chi connectivity index (χ1v) is 5.39. The number of phenols is 1. The van der Waals surface area contributed by atoms with Gasteiger partial charge in [0.25, 0.3) is 5.95 Å². The van der Waals surface area contributed by atoms with Crippen LogP contribution in [0.1, 0.15) is 5.56 Å². The molecular weight excluding hydrogens is 288 g/mol. The Bertz CT molecular complexity index is 552. The fourth-order valence-electron chi connectivity index (χ4n) is 1.11. The molecule has 0 saturated heterocycles. The quantitative estimate of drug-likeness (QED) is 0.444. The third kappa shape index (κ3) is 2.72. The molecule has 1 aromatic carbocycles. The number of benzene rings is 1. The minimum absolute atomic E-state index is 0.132. The third-order valence-electron chi connectivity index (χ3n) is 1.93. The fourth-order valence-corrected chi connectivity index (χ4v) is 1.49. The van der Waals surface area contributed by atoms with Crippen LogP contribution in [-0.2, 0) is 0 Å². The van der Waals surface area contributed by atoms with E-state index >= 15 is 0 Å². The summed E-state index contributed by atoms with van der Waals surface area (Å²) in [6.07, 6.45) is 2.79. The van der Waals surface area contributed by atoms with Crippen molar-refractivity contribution in [3.8, 4) is 5.75 Å². The molecule has 0 radical (unpaired) electrons. The smallest absolute Gasteiger partial charge is 0.263 e. The van der Waals surface area contributed by atoms with E-state index in [9.17, 15) is 5.11 Å².